The summed E-state index contributed by atoms with van der Waals surface area (Å²) in [5.41, 5.74) is 2.50. The molecule has 0 aliphatic rings. The largest absolute Gasteiger partial charge is 0.320 e. The number of halogens is 1. The zero-order valence-electron chi connectivity index (χ0n) is 14.1. The molecule has 1 aromatic carbocycles. The van der Waals surface area contributed by atoms with Crippen LogP contribution in [0.4, 0.5) is 10.1 Å². The molecule has 0 radical (unpaired) electrons. The summed E-state index contributed by atoms with van der Waals surface area (Å²) in [6, 6.07) is 8.07. The van der Waals surface area contributed by atoms with Crippen LogP contribution in [0.3, 0.4) is 0 Å². The van der Waals surface area contributed by atoms with Crippen LogP contribution in [0.25, 0.3) is 11.5 Å². The van der Waals surface area contributed by atoms with Crippen LogP contribution in [0.5, 0.6) is 0 Å². The molecule has 1 N–H and O–H groups in total. The van der Waals surface area contributed by atoms with Gasteiger partial charge in [0.15, 0.2) is 5.82 Å². The molecule has 3 heterocycles. The standard InChI is InChI=1S/C18H15FN6O/c1-11-8-12(2)25(23-11)16-5-4-13(9-14(16)19)21-17(26)15-10-24-7-3-6-20-18(24)22-15/h3-10H,1-2H3,(H,21,26). The van der Waals surface area contributed by atoms with Crippen LogP contribution in [-0.4, -0.2) is 30.1 Å². The summed E-state index contributed by atoms with van der Waals surface area (Å²) in [6.45, 7) is 3.70. The van der Waals surface area contributed by atoms with Gasteiger partial charge in [-0.05, 0) is 44.2 Å². The first-order chi connectivity index (χ1) is 12.5. The Bertz CT molecular complexity index is 1100. The molecule has 0 saturated carbocycles. The smallest absolute Gasteiger partial charge is 0.275 e. The van der Waals surface area contributed by atoms with Crippen molar-refractivity contribution in [2.24, 2.45) is 0 Å². The Hall–Kier alpha value is -3.55. The van der Waals surface area contributed by atoms with Gasteiger partial charge in [0.1, 0.15) is 11.4 Å². The number of imidazole rings is 1. The highest BCUT2D eigenvalue weighted by molar-refractivity contribution is 6.03. The van der Waals surface area contributed by atoms with Crippen molar-refractivity contribution in [2.45, 2.75) is 13.8 Å². The molecule has 4 rings (SSSR count). The van der Waals surface area contributed by atoms with E-state index in [2.05, 4.69) is 20.4 Å². The number of benzene rings is 1. The fraction of sp³-hybridized carbons (Fsp3) is 0.111. The molecule has 0 aliphatic carbocycles. The zero-order chi connectivity index (χ0) is 18.3. The Kier molecular flexibility index (Phi) is 3.72. The fourth-order valence-electron chi connectivity index (χ4n) is 2.76. The lowest BCUT2D eigenvalue weighted by Crippen LogP contribution is -2.13. The van der Waals surface area contributed by atoms with Gasteiger partial charge < -0.3 is 5.32 Å². The van der Waals surface area contributed by atoms with Gasteiger partial charge in [-0.15, -0.1) is 0 Å². The number of nitrogens with one attached hydrogen (secondary N) is 1. The number of aryl methyl sites for hydroxylation is 2. The van der Waals surface area contributed by atoms with Crippen molar-refractivity contribution in [3.05, 3.63) is 71.8 Å². The summed E-state index contributed by atoms with van der Waals surface area (Å²) < 4.78 is 17.7. The number of nitrogens with zero attached hydrogens (tertiary/aromatic N) is 5. The third-order valence-corrected chi connectivity index (χ3v) is 3.91. The van der Waals surface area contributed by atoms with Crippen molar-refractivity contribution >= 4 is 17.4 Å². The second-order valence-corrected chi connectivity index (χ2v) is 5.91. The number of hydrogen-bond acceptors (Lipinski definition) is 4. The Morgan fingerprint density at radius 2 is 2.08 bits per heavy atom. The monoisotopic (exact) mass is 350 g/mol. The lowest BCUT2D eigenvalue weighted by atomic mass is 10.2. The topological polar surface area (TPSA) is 77.1 Å². The first-order valence-electron chi connectivity index (χ1n) is 7.95. The Labute approximate surface area is 148 Å². The zero-order valence-corrected chi connectivity index (χ0v) is 14.1. The molecule has 0 fully saturated rings. The van der Waals surface area contributed by atoms with Crippen LogP contribution in [0.2, 0.25) is 0 Å². The van der Waals surface area contributed by atoms with E-state index in [1.807, 2.05) is 19.9 Å². The third-order valence-electron chi connectivity index (χ3n) is 3.91. The number of anilines is 1. The highest BCUT2D eigenvalue weighted by Gasteiger charge is 2.14. The van der Waals surface area contributed by atoms with E-state index >= 15 is 0 Å². The molecule has 7 nitrogen and oxygen atoms in total. The Morgan fingerprint density at radius 3 is 2.77 bits per heavy atom. The third kappa shape index (κ3) is 2.81. The maximum Gasteiger partial charge on any atom is 0.275 e. The van der Waals surface area contributed by atoms with Crippen LogP contribution in [-0.2, 0) is 0 Å². The van der Waals surface area contributed by atoms with Gasteiger partial charge in [-0.25, -0.2) is 19.0 Å². The lowest BCUT2D eigenvalue weighted by molar-refractivity contribution is 0.102. The van der Waals surface area contributed by atoms with Crippen LogP contribution in [0, 0.1) is 19.7 Å². The van der Waals surface area contributed by atoms with Crippen molar-refractivity contribution < 1.29 is 9.18 Å². The molecule has 0 aliphatic heterocycles. The molecule has 0 spiro atoms. The van der Waals surface area contributed by atoms with Crippen molar-refractivity contribution in [2.75, 3.05) is 5.32 Å². The van der Waals surface area contributed by atoms with Crippen molar-refractivity contribution in [3.8, 4) is 5.69 Å². The molecule has 0 atom stereocenters. The van der Waals surface area contributed by atoms with Gasteiger partial charge in [0.2, 0.25) is 5.78 Å². The molecular weight excluding hydrogens is 335 g/mol. The average molecular weight is 350 g/mol. The second kappa shape index (κ2) is 6.07. The predicted octanol–water partition coefficient (Wildman–Crippen LogP) is 2.92. The summed E-state index contributed by atoms with van der Waals surface area (Å²) in [5.74, 6) is -0.497. The van der Waals surface area contributed by atoms with E-state index in [9.17, 15) is 9.18 Å². The van der Waals surface area contributed by atoms with Gasteiger partial charge >= 0.3 is 0 Å². The Balaban J connectivity index is 1.59. The fourth-order valence-corrected chi connectivity index (χ4v) is 2.76. The van der Waals surface area contributed by atoms with Gasteiger partial charge in [0.25, 0.3) is 5.91 Å². The quantitative estimate of drug-likeness (QED) is 0.616. The highest BCUT2D eigenvalue weighted by atomic mass is 19.1. The van der Waals surface area contributed by atoms with E-state index in [0.717, 1.165) is 11.4 Å². The van der Waals surface area contributed by atoms with Gasteiger partial charge in [-0.3, -0.25) is 9.20 Å². The number of aromatic nitrogens is 5. The predicted molar refractivity (Wildman–Crippen MR) is 93.9 cm³/mol. The maximum absolute atomic E-state index is 14.5. The molecular formula is C18H15FN6O. The second-order valence-electron chi connectivity index (χ2n) is 5.91. The number of rotatable bonds is 3. The molecule has 3 aromatic heterocycles. The number of amides is 1. The van der Waals surface area contributed by atoms with Gasteiger partial charge in [-0.1, -0.05) is 0 Å². The minimum Gasteiger partial charge on any atom is -0.320 e. The average Bonchev–Trinajstić information content (AvgIpc) is 3.18. The normalized spacial score (nSPS) is 11.0. The lowest BCUT2D eigenvalue weighted by Gasteiger charge is -2.08. The SMILES string of the molecule is Cc1cc(C)n(-c2ccc(NC(=O)c3cn4cccnc4n3)cc2F)n1. The number of carbonyl (C=O) groups is 1. The first kappa shape index (κ1) is 15.9. The molecule has 0 bridgehead atoms. The molecule has 0 saturated heterocycles. The maximum atomic E-state index is 14.5. The van der Waals surface area contributed by atoms with Crippen molar-refractivity contribution in [1.82, 2.24) is 24.1 Å². The van der Waals surface area contributed by atoms with E-state index in [4.69, 9.17) is 0 Å². The number of hydrogen-bond donors (Lipinski definition) is 1. The molecule has 26 heavy (non-hydrogen) atoms. The summed E-state index contributed by atoms with van der Waals surface area (Å²) in [5, 5.41) is 6.92. The Morgan fingerprint density at radius 1 is 1.23 bits per heavy atom. The molecule has 4 aromatic rings. The van der Waals surface area contributed by atoms with Crippen LogP contribution in [0.15, 0.2) is 48.9 Å². The summed E-state index contributed by atoms with van der Waals surface area (Å²) >= 11 is 0. The minimum atomic E-state index is -0.481. The number of carbonyl (C=O) groups excluding carboxylic acids is 1. The first-order valence-corrected chi connectivity index (χ1v) is 7.95. The van der Waals surface area contributed by atoms with Crippen LogP contribution < -0.4 is 5.32 Å². The van der Waals surface area contributed by atoms with Crippen LogP contribution >= 0.6 is 0 Å². The summed E-state index contributed by atoms with van der Waals surface area (Å²) in [4.78, 5) is 20.6. The summed E-state index contributed by atoms with van der Waals surface area (Å²) in [7, 11) is 0. The molecule has 1 amide bonds. The highest BCUT2D eigenvalue weighted by Crippen LogP contribution is 2.20. The van der Waals surface area contributed by atoms with E-state index in [-0.39, 0.29) is 5.69 Å². The van der Waals surface area contributed by atoms with Gasteiger partial charge in [-0.2, -0.15) is 5.10 Å². The molecule has 0 unspecified atom stereocenters. The van der Waals surface area contributed by atoms with Gasteiger partial charge in [0.05, 0.1) is 5.69 Å². The summed E-state index contributed by atoms with van der Waals surface area (Å²) in [6.07, 6.45) is 4.91. The van der Waals surface area contributed by atoms with Crippen molar-refractivity contribution in [1.29, 1.82) is 0 Å². The van der Waals surface area contributed by atoms with Gasteiger partial charge in [0, 0.05) is 30.0 Å². The van der Waals surface area contributed by atoms with E-state index in [1.54, 1.807) is 41.2 Å². The molecule has 130 valence electrons. The molecule has 8 heteroatoms. The van der Waals surface area contributed by atoms with Crippen LogP contribution in [0.1, 0.15) is 21.9 Å². The number of fused-ring (bicyclic) bond motifs is 1. The van der Waals surface area contributed by atoms with E-state index in [0.29, 0.717) is 17.2 Å². The van der Waals surface area contributed by atoms with Crippen molar-refractivity contribution in [3.63, 3.8) is 0 Å². The minimum absolute atomic E-state index is 0.201. The van der Waals surface area contributed by atoms with E-state index in [1.165, 1.54) is 10.7 Å². The van der Waals surface area contributed by atoms with E-state index < -0.39 is 11.7 Å².